The molecule has 9 heteroatoms. The summed E-state index contributed by atoms with van der Waals surface area (Å²) in [6, 6.07) is 5.31. The molecule has 186 valence electrons. The highest BCUT2D eigenvalue weighted by atomic mass is 16.5. The van der Waals surface area contributed by atoms with E-state index in [1.165, 1.54) is 0 Å². The van der Waals surface area contributed by atoms with Crippen molar-refractivity contribution in [1.82, 2.24) is 25.3 Å². The first-order valence-corrected chi connectivity index (χ1v) is 12.5. The van der Waals surface area contributed by atoms with Gasteiger partial charge in [0.1, 0.15) is 24.3 Å². The van der Waals surface area contributed by atoms with Gasteiger partial charge >= 0.3 is 0 Å². The van der Waals surface area contributed by atoms with Crippen LogP contribution in [0.3, 0.4) is 0 Å². The van der Waals surface area contributed by atoms with Gasteiger partial charge in [-0.05, 0) is 50.9 Å². The van der Waals surface area contributed by atoms with Gasteiger partial charge < -0.3 is 25.4 Å². The molecule has 0 spiro atoms. The zero-order chi connectivity index (χ0) is 23.8. The van der Waals surface area contributed by atoms with Crippen molar-refractivity contribution < 1.29 is 9.47 Å². The number of rotatable bonds is 10. The van der Waals surface area contributed by atoms with E-state index in [1.807, 2.05) is 12.1 Å². The quantitative estimate of drug-likeness (QED) is 0.482. The average molecular weight is 470 g/mol. The van der Waals surface area contributed by atoms with E-state index in [9.17, 15) is 0 Å². The summed E-state index contributed by atoms with van der Waals surface area (Å²) in [6.07, 6.45) is 9.84. The Labute approximate surface area is 202 Å². The van der Waals surface area contributed by atoms with Crippen LogP contribution in [0.15, 0.2) is 24.8 Å². The summed E-state index contributed by atoms with van der Waals surface area (Å²) in [7, 11) is 1.75. The topological polar surface area (TPSA) is 106 Å². The molecule has 0 unspecified atom stereocenters. The molecule has 0 amide bonds. The van der Waals surface area contributed by atoms with Crippen molar-refractivity contribution in [2.24, 2.45) is 5.41 Å². The Morgan fingerprint density at radius 1 is 0.971 bits per heavy atom. The Hall–Kier alpha value is -2.36. The van der Waals surface area contributed by atoms with E-state index < -0.39 is 0 Å². The van der Waals surface area contributed by atoms with E-state index in [4.69, 9.17) is 9.47 Å². The van der Waals surface area contributed by atoms with Crippen molar-refractivity contribution in [2.75, 3.05) is 44.1 Å². The molecule has 2 aromatic rings. The minimum absolute atomic E-state index is 0.228. The molecule has 1 saturated heterocycles. The molecule has 0 radical (unpaired) electrons. The van der Waals surface area contributed by atoms with Crippen LogP contribution in [-0.4, -0.2) is 71.5 Å². The molecule has 1 saturated carbocycles. The van der Waals surface area contributed by atoms with Crippen LogP contribution in [0.4, 0.5) is 11.6 Å². The van der Waals surface area contributed by atoms with E-state index in [0.29, 0.717) is 18.1 Å². The van der Waals surface area contributed by atoms with E-state index >= 15 is 0 Å². The molecule has 0 bridgehead atoms. The molecule has 0 aromatic carbocycles. The fourth-order valence-electron chi connectivity index (χ4n) is 4.83. The fraction of sp³-hybridized carbons (Fsp3) is 0.680. The van der Waals surface area contributed by atoms with Crippen molar-refractivity contribution in [1.29, 1.82) is 0 Å². The minimum atomic E-state index is 0.228. The lowest BCUT2D eigenvalue weighted by atomic mass is 9.82. The molecule has 34 heavy (non-hydrogen) atoms. The maximum absolute atomic E-state index is 5.51. The predicted molar refractivity (Wildman–Crippen MR) is 134 cm³/mol. The zero-order valence-corrected chi connectivity index (χ0v) is 20.7. The number of methoxy groups -OCH3 is 1. The third-order valence-electron chi connectivity index (χ3n) is 7.01. The highest BCUT2D eigenvalue weighted by Gasteiger charge is 2.27. The highest BCUT2D eigenvalue weighted by Crippen LogP contribution is 2.30. The van der Waals surface area contributed by atoms with Crippen molar-refractivity contribution in [3.05, 3.63) is 24.8 Å². The monoisotopic (exact) mass is 469 g/mol. The van der Waals surface area contributed by atoms with Gasteiger partial charge in [-0.1, -0.05) is 6.92 Å². The molecule has 1 atom stereocenters. The van der Waals surface area contributed by atoms with Crippen molar-refractivity contribution >= 4 is 11.6 Å². The summed E-state index contributed by atoms with van der Waals surface area (Å²) in [4.78, 5) is 17.8. The van der Waals surface area contributed by atoms with Gasteiger partial charge in [0, 0.05) is 57.1 Å². The predicted octanol–water partition coefficient (Wildman–Crippen LogP) is 3.51. The standard InChI is InChI=1S/C25H39N7O2/c1-18(14-33-3)31-19-4-6-20(7-5-19)32-24-13-22(28-17-30-24)21-12-23(29-16-27-21)26-15-25(2)8-10-34-11-9-25/h12-13,16-20,31H,4-11,14-15H2,1-3H3,(H,26,27,29)(H,28,30,32)/t18-,19?,20?/m0/s1. The second-order valence-corrected chi connectivity index (χ2v) is 10.1. The lowest BCUT2D eigenvalue weighted by Gasteiger charge is -2.33. The van der Waals surface area contributed by atoms with E-state index in [0.717, 1.165) is 87.9 Å². The van der Waals surface area contributed by atoms with Gasteiger partial charge in [0.05, 0.1) is 18.0 Å². The normalized spacial score (nSPS) is 23.3. The van der Waals surface area contributed by atoms with Gasteiger partial charge in [0.25, 0.3) is 0 Å². The molecule has 2 fully saturated rings. The second kappa shape index (κ2) is 11.9. The SMILES string of the molecule is COC[C@H](C)NC1CCC(Nc2cc(-c3cc(NCC4(C)CCOCC4)ncn3)ncn2)CC1. The lowest BCUT2D eigenvalue weighted by molar-refractivity contribution is 0.0300. The molecule has 4 rings (SSSR count). The van der Waals surface area contributed by atoms with Crippen LogP contribution in [0, 0.1) is 5.41 Å². The van der Waals surface area contributed by atoms with Crippen LogP contribution in [0.5, 0.6) is 0 Å². The van der Waals surface area contributed by atoms with Crippen LogP contribution in [0.1, 0.15) is 52.4 Å². The lowest BCUT2D eigenvalue weighted by Crippen LogP contribution is -2.42. The van der Waals surface area contributed by atoms with E-state index in [2.05, 4.69) is 49.7 Å². The fourth-order valence-corrected chi connectivity index (χ4v) is 4.83. The molecule has 2 aromatic heterocycles. The molecule has 9 nitrogen and oxygen atoms in total. The van der Waals surface area contributed by atoms with E-state index in [1.54, 1.807) is 19.8 Å². The van der Waals surface area contributed by atoms with Crippen LogP contribution in [0.2, 0.25) is 0 Å². The number of hydrogen-bond acceptors (Lipinski definition) is 9. The second-order valence-electron chi connectivity index (χ2n) is 10.1. The molecular formula is C25H39N7O2. The summed E-state index contributed by atoms with van der Waals surface area (Å²) < 4.78 is 10.7. The van der Waals surface area contributed by atoms with Crippen LogP contribution < -0.4 is 16.0 Å². The van der Waals surface area contributed by atoms with Gasteiger partial charge in [0.2, 0.25) is 0 Å². The summed E-state index contributed by atoms with van der Waals surface area (Å²) >= 11 is 0. The Morgan fingerprint density at radius 3 is 2.26 bits per heavy atom. The third-order valence-corrected chi connectivity index (χ3v) is 7.01. The van der Waals surface area contributed by atoms with Gasteiger partial charge in [-0.25, -0.2) is 19.9 Å². The first-order valence-electron chi connectivity index (χ1n) is 12.5. The molecule has 3 heterocycles. The average Bonchev–Trinajstić information content (AvgIpc) is 2.85. The number of nitrogens with one attached hydrogen (secondary N) is 3. The summed E-state index contributed by atoms with van der Waals surface area (Å²) in [6.45, 7) is 7.75. The van der Waals surface area contributed by atoms with Gasteiger partial charge in [0.15, 0.2) is 0 Å². The Balaban J connectivity index is 1.31. The van der Waals surface area contributed by atoms with Crippen LogP contribution in [0.25, 0.3) is 11.4 Å². The maximum Gasteiger partial charge on any atom is 0.130 e. The number of anilines is 2. The summed E-state index contributed by atoms with van der Waals surface area (Å²) in [5, 5.41) is 10.8. The van der Waals surface area contributed by atoms with Gasteiger partial charge in [-0.15, -0.1) is 0 Å². The summed E-state index contributed by atoms with van der Waals surface area (Å²) in [5.74, 6) is 1.66. The molecule has 1 aliphatic carbocycles. The van der Waals surface area contributed by atoms with Gasteiger partial charge in [-0.2, -0.15) is 0 Å². The maximum atomic E-state index is 5.51. The number of nitrogens with zero attached hydrogens (tertiary/aromatic N) is 4. The largest absolute Gasteiger partial charge is 0.383 e. The van der Waals surface area contributed by atoms with Crippen molar-refractivity contribution in [3.8, 4) is 11.4 Å². The Morgan fingerprint density at radius 2 is 1.59 bits per heavy atom. The van der Waals surface area contributed by atoms with Crippen LogP contribution >= 0.6 is 0 Å². The molecular weight excluding hydrogens is 430 g/mol. The molecule has 2 aliphatic rings. The molecule has 3 N–H and O–H groups in total. The zero-order valence-electron chi connectivity index (χ0n) is 20.7. The number of hydrogen-bond donors (Lipinski definition) is 3. The molecule has 1 aliphatic heterocycles. The highest BCUT2D eigenvalue weighted by molar-refractivity contribution is 5.61. The smallest absolute Gasteiger partial charge is 0.130 e. The number of ether oxygens (including phenoxy) is 2. The van der Waals surface area contributed by atoms with Crippen molar-refractivity contribution in [3.63, 3.8) is 0 Å². The Bertz CT molecular complexity index is 898. The third kappa shape index (κ3) is 7.07. The first-order chi connectivity index (χ1) is 16.5. The number of aromatic nitrogens is 4. The van der Waals surface area contributed by atoms with Crippen molar-refractivity contribution in [2.45, 2.75) is 70.5 Å². The first kappa shape index (κ1) is 24.8. The van der Waals surface area contributed by atoms with Gasteiger partial charge in [-0.3, -0.25) is 0 Å². The van der Waals surface area contributed by atoms with E-state index in [-0.39, 0.29) is 5.41 Å². The minimum Gasteiger partial charge on any atom is -0.383 e. The summed E-state index contributed by atoms with van der Waals surface area (Å²) in [5.41, 5.74) is 1.82. The van der Waals surface area contributed by atoms with Crippen LogP contribution in [-0.2, 0) is 9.47 Å². The Kier molecular flexibility index (Phi) is 8.64.